The molecule has 0 fully saturated rings. The predicted molar refractivity (Wildman–Crippen MR) is 582 cm³/mol. The predicted octanol–water partition coefficient (Wildman–Crippen LogP) is 27.6. The van der Waals surface area contributed by atoms with Crippen LogP contribution in [-0.4, -0.2) is 125 Å². The van der Waals surface area contributed by atoms with E-state index in [9.17, 15) is 4.79 Å². The summed E-state index contributed by atoms with van der Waals surface area (Å²) in [7, 11) is 0. The van der Waals surface area contributed by atoms with E-state index in [0.29, 0.717) is 6.54 Å². The summed E-state index contributed by atoms with van der Waals surface area (Å²) < 4.78 is 0. The van der Waals surface area contributed by atoms with Gasteiger partial charge in [-0.1, -0.05) is 229 Å². The van der Waals surface area contributed by atoms with Gasteiger partial charge in [-0.3, -0.25) is 28.8 Å². The molecule has 0 atom stereocenters. The number of rotatable bonds is 10. The van der Waals surface area contributed by atoms with Crippen LogP contribution in [0.4, 0.5) is 0 Å². The molecule has 0 spiro atoms. The summed E-state index contributed by atoms with van der Waals surface area (Å²) in [5.41, 5.74) is 23.0. The Balaban J connectivity index is 0.000000827. The van der Waals surface area contributed by atoms with Gasteiger partial charge in [0.25, 0.3) is 0 Å². The van der Waals surface area contributed by atoms with Crippen LogP contribution >= 0.6 is 0 Å². The molecule has 0 saturated heterocycles. The fourth-order valence-corrected chi connectivity index (χ4v) is 15.8. The molecule has 5 radical (unpaired) electrons. The Morgan fingerprint density at radius 2 is 0.694 bits per heavy atom. The molecule has 5 aliphatic rings. The minimum Gasteiger partial charge on any atom is -0.512 e. The summed E-state index contributed by atoms with van der Waals surface area (Å²) in [6.07, 6.45) is 17.3. The Morgan fingerprint density at radius 1 is 0.347 bits per heavy atom. The quantitative estimate of drug-likeness (QED) is 0.0384. The molecule has 771 valence electrons. The van der Waals surface area contributed by atoms with Crippen LogP contribution in [0.1, 0.15) is 261 Å². The maximum Gasteiger partial charge on any atom is 0.316 e. The van der Waals surface area contributed by atoms with Crippen molar-refractivity contribution in [1.29, 1.82) is 0 Å². The van der Waals surface area contributed by atoms with Gasteiger partial charge in [0.2, 0.25) is 0 Å². The molecule has 0 unspecified atom stereocenters. The van der Waals surface area contributed by atoms with Crippen molar-refractivity contribution in [1.82, 2.24) is 0 Å². The third-order valence-corrected chi connectivity index (χ3v) is 23.8. The molecular formula is C123H143Ir5N5O11. The summed E-state index contributed by atoms with van der Waals surface area (Å²) in [6.45, 7) is 51.0. The Morgan fingerprint density at radius 3 is 1.11 bits per heavy atom. The molecule has 0 saturated carbocycles. The van der Waals surface area contributed by atoms with Crippen molar-refractivity contribution >= 4 is 75.4 Å². The van der Waals surface area contributed by atoms with Crippen LogP contribution in [0, 0.1) is 41.2 Å². The van der Waals surface area contributed by atoms with Crippen LogP contribution in [0.25, 0.3) is 12.2 Å². The number of hydrogen-bond acceptors (Lipinski definition) is 11. The minimum absolute atomic E-state index is 0. The first-order valence-corrected chi connectivity index (χ1v) is 46.6. The smallest absolute Gasteiger partial charge is 0.316 e. The molecule has 0 aromatic heterocycles. The number of aliphatic imine (C=N–C) groups is 5. The summed E-state index contributed by atoms with van der Waals surface area (Å²) >= 11 is 0. The Kier molecular flexibility index (Phi) is 56.2. The van der Waals surface area contributed by atoms with Gasteiger partial charge in [0.1, 0.15) is 0 Å². The first-order chi connectivity index (χ1) is 65.3. The molecule has 144 heavy (non-hydrogen) atoms. The molecule has 0 bridgehead atoms. The molecule has 10 aromatic carbocycles. The van der Waals surface area contributed by atoms with Gasteiger partial charge >= 0.3 is 28.9 Å². The average molecular weight is 2830 g/mol. The summed E-state index contributed by atoms with van der Waals surface area (Å²) in [4.78, 5) is 79.2. The van der Waals surface area contributed by atoms with Crippen molar-refractivity contribution in [3.05, 3.63) is 440 Å². The number of allylic oxidation sites excluding steroid dienone is 13. The number of hydrogen-bond donors (Lipinski definition) is 5. The molecular weight excluding hydrogens is 2680 g/mol. The second-order valence-corrected chi connectivity index (χ2v) is 38.5. The van der Waals surface area contributed by atoms with Gasteiger partial charge in [0, 0.05) is 124 Å². The molecule has 5 aliphatic heterocycles. The van der Waals surface area contributed by atoms with E-state index in [0.717, 1.165) is 92.6 Å². The van der Waals surface area contributed by atoms with Gasteiger partial charge in [-0.05, 0) is 173 Å². The number of aliphatic hydroxyl groups excluding tert-OH is 5. The van der Waals surface area contributed by atoms with Crippen LogP contribution in [0.3, 0.4) is 0 Å². The fraction of sp³-hybridized carbons (Fsp3) is 0.293. The molecule has 0 amide bonds. The van der Waals surface area contributed by atoms with Gasteiger partial charge < -0.3 is 50.5 Å². The van der Waals surface area contributed by atoms with E-state index < -0.39 is 0 Å². The van der Waals surface area contributed by atoms with E-state index in [4.69, 9.17) is 64.5 Å². The van der Waals surface area contributed by atoms with Crippen molar-refractivity contribution in [3.63, 3.8) is 0 Å². The van der Waals surface area contributed by atoms with E-state index >= 15 is 0 Å². The molecule has 10 N–H and O–H groups in total. The zero-order chi connectivity index (χ0) is 103. The number of benzene rings is 10. The van der Waals surface area contributed by atoms with Crippen molar-refractivity contribution in [2.45, 2.75) is 220 Å². The van der Waals surface area contributed by atoms with Crippen LogP contribution in [0.2, 0.25) is 0 Å². The standard InChI is InChI=1S/C25H32N.C21H20NO.C18H18N.C18H16N.C16H12N.5C5H8O2.5Ir/c1-22(2)19-16-12-13-17-20(19)23(3,4)25(7,8)26-21(24(22,5)6)18-14-10-9-11-15-18;1-21(2,3)18-13-19(23)17-12-8-7-11-16(17)14-22-20(18)15-9-5-4-6-10-15;2*1-18(2)16-11-7-6-8-14(16)12-13-19-17(18)15-9-4-3-5-10-15;1-2-7-14(8-3-1)16-11-10-13-6-4-5-9-15(13)12-17-16;5*1-4(6)3-5(2)7;;;;;/h9-14,16-17H,1-8H3;4-9,11-13H,14H2,1-3H3;3-9,11H,12-13H2,1-2H3;3-9,11-13H,1-2H3;1-7,9-11H,12H2;5*3,6H,1-2H3;;;;;/q5*-1;;;;;;;;;;/p+5. The largest absolute Gasteiger partial charge is 0.512 e. The van der Waals surface area contributed by atoms with E-state index in [-0.39, 0.29) is 202 Å². The Labute approximate surface area is 923 Å². The number of carbonyl (C=O) groups is 1. The van der Waals surface area contributed by atoms with Gasteiger partial charge in [-0.25, -0.2) is 0 Å². The molecule has 15 rings (SSSR count). The third kappa shape index (κ3) is 40.3. The van der Waals surface area contributed by atoms with E-state index in [1.165, 1.54) is 144 Å². The number of carbonyl (C=O) groups excluding carboxylic acids is 6. The van der Waals surface area contributed by atoms with E-state index in [2.05, 4.69) is 290 Å². The maximum absolute atomic E-state index is 12.8. The monoisotopic (exact) mass is 2830 g/mol. The summed E-state index contributed by atoms with van der Waals surface area (Å²) in [6, 6.07) is 98.8. The number of ketones is 6. The van der Waals surface area contributed by atoms with Crippen LogP contribution < -0.4 is 0 Å². The number of fused-ring (bicyclic) bond motifs is 5. The van der Waals surface area contributed by atoms with Gasteiger partial charge in [-0.2, -0.15) is 0 Å². The van der Waals surface area contributed by atoms with Crippen molar-refractivity contribution in [3.8, 4) is 0 Å². The topological polar surface area (TPSA) is 287 Å². The SMILES string of the molecule is CC(=[OH+])C=C(C)O.CC(=[OH+])C=C(C)O.CC(=[OH+])C=C(C)O.CC(=[OH+])C=C(C)O.CC(=[OH+])C=C(C)O.CC(C)(C)C1=CC(=O)c2ccccc2CN=C1c1[c-]cccc1.CC1(C)C(c2[c-]cccc2)=NC=Cc2ccccc21.CC1(C)C(c2[c-]cccc2)=NCCc2ccccc21.CC1(C)N=C(c2[c-]cccc2)C(C)(C)C(C)(C)c2ccccc2C1(C)C.[Ir].[Ir].[Ir].[Ir].[Ir].[c-]1ccccc1C1=NCc2ccccc2C=C1. The van der Waals surface area contributed by atoms with Crippen LogP contribution in [0.5, 0.6) is 0 Å². The van der Waals surface area contributed by atoms with Gasteiger partial charge in [-0.15, -0.1) is 179 Å². The average Bonchev–Trinajstić information content (AvgIpc) is 0.771. The number of nitrogens with zero attached hydrogens (tertiary/aromatic N) is 5. The first kappa shape index (κ1) is 131. The molecule has 21 heteroatoms. The summed E-state index contributed by atoms with van der Waals surface area (Å²) in [5.74, 6) is 1.30. The minimum atomic E-state index is -0.240. The Bertz CT molecular complexity index is 6140. The maximum atomic E-state index is 12.8. The van der Waals surface area contributed by atoms with E-state index in [1.807, 2.05) is 121 Å². The van der Waals surface area contributed by atoms with Gasteiger partial charge in [0.15, 0.2) is 5.78 Å². The molecule has 16 nitrogen and oxygen atoms in total. The van der Waals surface area contributed by atoms with Gasteiger partial charge in [0.05, 0.1) is 112 Å². The van der Waals surface area contributed by atoms with Crippen molar-refractivity contribution in [2.75, 3.05) is 6.54 Å². The fourth-order valence-electron chi connectivity index (χ4n) is 15.8. The van der Waals surface area contributed by atoms with Crippen LogP contribution in [-0.2, 0) is 142 Å². The first-order valence-electron chi connectivity index (χ1n) is 46.6. The molecule has 5 heterocycles. The Hall–Kier alpha value is -11.3. The molecule has 0 aliphatic carbocycles. The third-order valence-electron chi connectivity index (χ3n) is 23.8. The summed E-state index contributed by atoms with van der Waals surface area (Å²) in [5, 5.41) is 42.0. The second-order valence-electron chi connectivity index (χ2n) is 38.5. The molecule has 10 aromatic rings. The second kappa shape index (κ2) is 61.9. The van der Waals surface area contributed by atoms with Crippen LogP contribution in [0.15, 0.2) is 351 Å². The number of aliphatic hydroxyl groups is 5. The van der Waals surface area contributed by atoms with E-state index in [1.54, 1.807) is 6.08 Å². The van der Waals surface area contributed by atoms with Crippen molar-refractivity contribution < 1.29 is 155 Å². The zero-order valence-electron chi connectivity index (χ0n) is 87.5. The normalized spacial score (nSPS) is 15.3. The zero-order valence-corrected chi connectivity index (χ0v) is 99.5. The van der Waals surface area contributed by atoms with Crippen molar-refractivity contribution in [2.24, 2.45) is 35.8 Å².